The third-order valence-corrected chi connectivity index (χ3v) is 2.89. The molecule has 0 N–H and O–H groups in total. The van der Waals surface area contributed by atoms with E-state index in [1.165, 1.54) is 10.2 Å². The summed E-state index contributed by atoms with van der Waals surface area (Å²) < 4.78 is 6.52. The van der Waals surface area contributed by atoms with Gasteiger partial charge >= 0.3 is 4.87 Å². The van der Waals surface area contributed by atoms with Crippen molar-refractivity contribution in [1.29, 1.82) is 5.26 Å². The van der Waals surface area contributed by atoms with Crippen LogP contribution >= 0.6 is 11.3 Å². The highest BCUT2D eigenvalue weighted by Gasteiger charge is 2.07. The largest absolute Gasteiger partial charge is 0.496 e. The first-order chi connectivity index (χ1) is 8.24. The lowest BCUT2D eigenvalue weighted by molar-refractivity contribution is 0.407. The van der Waals surface area contributed by atoms with Crippen molar-refractivity contribution in [2.24, 2.45) is 0 Å². The fraction of sp³-hybridized carbons (Fsp3) is 0.182. The van der Waals surface area contributed by atoms with Gasteiger partial charge in [-0.3, -0.25) is 4.79 Å². The summed E-state index contributed by atoms with van der Waals surface area (Å²) in [5, 5.41) is 12.8. The van der Waals surface area contributed by atoms with Crippen LogP contribution in [0.4, 0.5) is 0 Å². The van der Waals surface area contributed by atoms with Crippen LogP contribution in [0.25, 0.3) is 0 Å². The summed E-state index contributed by atoms with van der Waals surface area (Å²) in [6, 6.07) is 7.14. The van der Waals surface area contributed by atoms with Gasteiger partial charge in [0.1, 0.15) is 11.3 Å². The summed E-state index contributed by atoms with van der Waals surface area (Å²) in [6.45, 7) is 0.307. The van der Waals surface area contributed by atoms with Crippen LogP contribution < -0.4 is 9.61 Å². The van der Waals surface area contributed by atoms with Crippen molar-refractivity contribution in [3.8, 4) is 11.8 Å². The molecule has 0 amide bonds. The van der Waals surface area contributed by atoms with E-state index >= 15 is 0 Å². The molecule has 5 nitrogen and oxygen atoms in total. The number of nitriles is 1. The zero-order chi connectivity index (χ0) is 12.3. The summed E-state index contributed by atoms with van der Waals surface area (Å²) in [5.74, 6) is 0.643. The molecular weight excluding hydrogens is 238 g/mol. The average molecular weight is 247 g/mol. The molecule has 6 heteroatoms. The van der Waals surface area contributed by atoms with Gasteiger partial charge in [0, 0.05) is 5.56 Å². The number of hydrogen-bond acceptors (Lipinski definition) is 5. The quantitative estimate of drug-likeness (QED) is 0.818. The van der Waals surface area contributed by atoms with E-state index < -0.39 is 0 Å². The summed E-state index contributed by atoms with van der Waals surface area (Å²) in [4.78, 5) is 11.3. The van der Waals surface area contributed by atoms with Crippen LogP contribution in [-0.2, 0) is 6.54 Å². The normalized spacial score (nSPS) is 9.88. The molecule has 0 aliphatic carbocycles. The third kappa shape index (κ3) is 2.34. The predicted molar refractivity (Wildman–Crippen MR) is 63.2 cm³/mol. The Kier molecular flexibility index (Phi) is 3.21. The third-order valence-electron chi connectivity index (χ3n) is 2.28. The standard InChI is InChI=1S/C11H9N3O2S/c1-16-10-3-2-8(5-12)4-9(10)6-14-11(15)17-7-13-14/h2-4,7H,6H2,1H3. The SMILES string of the molecule is COc1ccc(C#N)cc1Cn1ncsc1=O. The molecule has 0 saturated carbocycles. The van der Waals surface area contributed by atoms with Crippen molar-refractivity contribution >= 4 is 11.3 Å². The maximum atomic E-state index is 11.4. The van der Waals surface area contributed by atoms with Crippen LogP contribution in [0.1, 0.15) is 11.1 Å². The van der Waals surface area contributed by atoms with Gasteiger partial charge in [-0.1, -0.05) is 11.3 Å². The molecule has 1 aromatic heterocycles. The average Bonchev–Trinajstić information content (AvgIpc) is 2.75. The Labute approximate surface area is 102 Å². The summed E-state index contributed by atoms with van der Waals surface area (Å²) in [7, 11) is 1.55. The molecule has 0 fully saturated rings. The minimum Gasteiger partial charge on any atom is -0.496 e. The van der Waals surface area contributed by atoms with Gasteiger partial charge in [0.2, 0.25) is 0 Å². The van der Waals surface area contributed by atoms with Gasteiger partial charge in [-0.05, 0) is 18.2 Å². The number of nitrogens with zero attached hydrogens (tertiary/aromatic N) is 3. The van der Waals surface area contributed by atoms with Crippen LogP contribution in [0.2, 0.25) is 0 Å². The molecule has 0 atom stereocenters. The molecule has 86 valence electrons. The topological polar surface area (TPSA) is 67.9 Å². The number of hydrogen-bond donors (Lipinski definition) is 0. The van der Waals surface area contributed by atoms with E-state index in [0.29, 0.717) is 17.9 Å². The van der Waals surface area contributed by atoms with Gasteiger partial charge in [-0.25, -0.2) is 4.68 Å². The smallest absolute Gasteiger partial charge is 0.325 e. The first-order valence-corrected chi connectivity index (χ1v) is 5.70. The lowest BCUT2D eigenvalue weighted by Gasteiger charge is -2.08. The lowest BCUT2D eigenvalue weighted by atomic mass is 10.1. The lowest BCUT2D eigenvalue weighted by Crippen LogP contribution is -2.16. The van der Waals surface area contributed by atoms with Gasteiger partial charge < -0.3 is 4.74 Å². The van der Waals surface area contributed by atoms with Crippen molar-refractivity contribution in [1.82, 2.24) is 9.78 Å². The van der Waals surface area contributed by atoms with Gasteiger partial charge in [-0.15, -0.1) is 0 Å². The van der Waals surface area contributed by atoms with E-state index in [0.717, 1.165) is 16.9 Å². The number of rotatable bonds is 3. The Morgan fingerprint density at radius 2 is 2.41 bits per heavy atom. The van der Waals surface area contributed by atoms with Crippen LogP contribution in [0.15, 0.2) is 28.5 Å². The molecule has 0 unspecified atom stereocenters. The zero-order valence-corrected chi connectivity index (χ0v) is 9.90. The first kappa shape index (κ1) is 11.4. The van der Waals surface area contributed by atoms with Gasteiger partial charge in [0.05, 0.1) is 25.3 Å². The van der Waals surface area contributed by atoms with Crippen molar-refractivity contribution < 1.29 is 4.74 Å². The molecule has 0 spiro atoms. The monoisotopic (exact) mass is 247 g/mol. The van der Waals surface area contributed by atoms with Crippen LogP contribution in [0, 0.1) is 11.3 Å². The van der Waals surface area contributed by atoms with E-state index in [-0.39, 0.29) is 4.87 Å². The van der Waals surface area contributed by atoms with Crippen LogP contribution in [0.3, 0.4) is 0 Å². The van der Waals surface area contributed by atoms with Crippen molar-refractivity contribution in [2.75, 3.05) is 7.11 Å². The Hall–Kier alpha value is -2.13. The van der Waals surface area contributed by atoms with E-state index in [1.807, 2.05) is 0 Å². The Bertz CT molecular complexity index is 624. The maximum Gasteiger partial charge on any atom is 0.325 e. The second kappa shape index (κ2) is 4.80. The molecule has 0 aliphatic heterocycles. The Morgan fingerprint density at radius 3 is 3.00 bits per heavy atom. The predicted octanol–water partition coefficient (Wildman–Crippen LogP) is 1.23. The van der Waals surface area contributed by atoms with Crippen LogP contribution in [-0.4, -0.2) is 16.9 Å². The zero-order valence-electron chi connectivity index (χ0n) is 9.08. The maximum absolute atomic E-state index is 11.4. The summed E-state index contributed by atoms with van der Waals surface area (Å²) in [5.41, 5.74) is 2.78. The second-order valence-corrected chi connectivity index (χ2v) is 4.10. The minimum atomic E-state index is -0.130. The van der Waals surface area contributed by atoms with E-state index in [1.54, 1.807) is 25.3 Å². The molecule has 1 heterocycles. The molecule has 2 rings (SSSR count). The fourth-order valence-corrected chi connectivity index (χ4v) is 1.96. The van der Waals surface area contributed by atoms with E-state index in [4.69, 9.17) is 10.00 Å². The van der Waals surface area contributed by atoms with E-state index in [9.17, 15) is 4.79 Å². The van der Waals surface area contributed by atoms with Crippen LogP contribution in [0.5, 0.6) is 5.75 Å². The minimum absolute atomic E-state index is 0.130. The van der Waals surface area contributed by atoms with Gasteiger partial charge in [0.15, 0.2) is 0 Å². The van der Waals surface area contributed by atoms with E-state index in [2.05, 4.69) is 11.2 Å². The Morgan fingerprint density at radius 1 is 1.59 bits per heavy atom. The summed E-state index contributed by atoms with van der Waals surface area (Å²) in [6.07, 6.45) is 0. The molecule has 2 aromatic rings. The molecule has 0 saturated heterocycles. The molecule has 0 bridgehead atoms. The van der Waals surface area contributed by atoms with Crippen molar-refractivity contribution in [3.05, 3.63) is 44.5 Å². The fourth-order valence-electron chi connectivity index (χ4n) is 1.47. The number of benzene rings is 1. The summed E-state index contributed by atoms with van der Waals surface area (Å²) >= 11 is 1.04. The highest BCUT2D eigenvalue weighted by Crippen LogP contribution is 2.20. The van der Waals surface area contributed by atoms with Gasteiger partial charge in [0.25, 0.3) is 0 Å². The number of aromatic nitrogens is 2. The molecule has 0 aliphatic rings. The van der Waals surface area contributed by atoms with Crippen molar-refractivity contribution in [3.63, 3.8) is 0 Å². The second-order valence-electron chi connectivity index (χ2n) is 3.30. The molecule has 17 heavy (non-hydrogen) atoms. The number of ether oxygens (including phenoxy) is 1. The molecule has 0 radical (unpaired) electrons. The Balaban J connectivity index is 2.41. The van der Waals surface area contributed by atoms with Gasteiger partial charge in [-0.2, -0.15) is 10.4 Å². The van der Waals surface area contributed by atoms with Crippen molar-refractivity contribution in [2.45, 2.75) is 6.54 Å². The number of methoxy groups -OCH3 is 1. The first-order valence-electron chi connectivity index (χ1n) is 4.82. The highest BCUT2D eigenvalue weighted by atomic mass is 32.1. The molecule has 1 aromatic carbocycles. The molecular formula is C11H9N3O2S. The highest BCUT2D eigenvalue weighted by molar-refractivity contribution is 7.06.